The first kappa shape index (κ1) is 20.3. The van der Waals surface area contributed by atoms with Crippen molar-refractivity contribution in [3.05, 3.63) is 59.7 Å². The SMILES string of the molecule is Cc1ccc2nc(N3CCS(=O)(=O)c4ccccc4C3)cc(N3CCCCCC3)c2c1. The number of hydrogen-bond donors (Lipinski definition) is 0. The lowest BCUT2D eigenvalue weighted by atomic mass is 10.1. The minimum absolute atomic E-state index is 0.108. The van der Waals surface area contributed by atoms with Crippen LogP contribution < -0.4 is 9.80 Å². The normalized spacial score (nSPS) is 19.0. The summed E-state index contributed by atoms with van der Waals surface area (Å²) in [5, 5.41) is 1.19. The van der Waals surface area contributed by atoms with Crippen molar-refractivity contribution in [3.63, 3.8) is 0 Å². The van der Waals surface area contributed by atoms with Gasteiger partial charge in [-0.1, -0.05) is 42.7 Å². The maximum Gasteiger partial charge on any atom is 0.180 e. The number of nitrogens with zero attached hydrogens (tertiary/aromatic N) is 3. The van der Waals surface area contributed by atoms with Crippen molar-refractivity contribution < 1.29 is 8.42 Å². The zero-order valence-electron chi connectivity index (χ0n) is 18.0. The molecule has 5 nitrogen and oxygen atoms in total. The molecule has 0 aliphatic carbocycles. The number of rotatable bonds is 2. The average molecular weight is 436 g/mol. The largest absolute Gasteiger partial charge is 0.371 e. The van der Waals surface area contributed by atoms with Gasteiger partial charge in [0.15, 0.2) is 9.84 Å². The lowest BCUT2D eigenvalue weighted by Crippen LogP contribution is -2.28. The fourth-order valence-corrected chi connectivity index (χ4v) is 6.30. The molecule has 0 spiro atoms. The van der Waals surface area contributed by atoms with E-state index in [9.17, 15) is 8.42 Å². The van der Waals surface area contributed by atoms with Crippen molar-refractivity contribution in [1.82, 2.24) is 4.98 Å². The van der Waals surface area contributed by atoms with Crippen LogP contribution in [0.15, 0.2) is 53.4 Å². The van der Waals surface area contributed by atoms with Gasteiger partial charge in [0, 0.05) is 43.3 Å². The number of sulfone groups is 1. The Balaban J connectivity index is 1.61. The van der Waals surface area contributed by atoms with Crippen LogP contribution in [0.5, 0.6) is 0 Å². The summed E-state index contributed by atoms with van der Waals surface area (Å²) in [6.45, 7) is 5.24. The first-order chi connectivity index (χ1) is 15.0. The van der Waals surface area contributed by atoms with Gasteiger partial charge in [0.05, 0.1) is 16.2 Å². The van der Waals surface area contributed by atoms with Gasteiger partial charge in [-0.15, -0.1) is 0 Å². The van der Waals surface area contributed by atoms with Crippen molar-refractivity contribution in [2.24, 2.45) is 0 Å². The van der Waals surface area contributed by atoms with Gasteiger partial charge in [-0.3, -0.25) is 0 Å². The van der Waals surface area contributed by atoms with E-state index in [0.29, 0.717) is 18.0 Å². The van der Waals surface area contributed by atoms with Crippen molar-refractivity contribution in [2.45, 2.75) is 44.0 Å². The van der Waals surface area contributed by atoms with Crippen LogP contribution in [0.3, 0.4) is 0 Å². The average Bonchev–Trinajstić information content (AvgIpc) is 3.11. The van der Waals surface area contributed by atoms with Crippen molar-refractivity contribution in [1.29, 1.82) is 0 Å². The second-order valence-corrected chi connectivity index (χ2v) is 10.8. The predicted octanol–water partition coefficient (Wildman–Crippen LogP) is 4.72. The Morgan fingerprint density at radius 3 is 2.45 bits per heavy atom. The summed E-state index contributed by atoms with van der Waals surface area (Å²) in [4.78, 5) is 10.1. The molecule has 31 heavy (non-hydrogen) atoms. The van der Waals surface area contributed by atoms with E-state index < -0.39 is 9.84 Å². The molecule has 5 rings (SSSR count). The number of anilines is 2. The third-order valence-corrected chi connectivity index (χ3v) is 8.29. The minimum Gasteiger partial charge on any atom is -0.371 e. The topological polar surface area (TPSA) is 53.5 Å². The molecule has 1 aromatic heterocycles. The second kappa shape index (κ2) is 8.15. The van der Waals surface area contributed by atoms with Gasteiger partial charge in [0.2, 0.25) is 0 Å². The zero-order chi connectivity index (χ0) is 21.4. The Morgan fingerprint density at radius 2 is 1.65 bits per heavy atom. The highest BCUT2D eigenvalue weighted by molar-refractivity contribution is 7.91. The molecule has 0 atom stereocenters. The van der Waals surface area contributed by atoms with Crippen LogP contribution in [-0.4, -0.2) is 38.8 Å². The third kappa shape index (κ3) is 4.01. The Labute approximate surface area is 184 Å². The maximum absolute atomic E-state index is 12.8. The van der Waals surface area contributed by atoms with Crippen molar-refractivity contribution in [3.8, 4) is 0 Å². The summed E-state index contributed by atoms with van der Waals surface area (Å²) >= 11 is 0. The molecule has 0 bridgehead atoms. The van der Waals surface area contributed by atoms with Crippen LogP contribution in [0, 0.1) is 6.92 Å². The van der Waals surface area contributed by atoms with E-state index in [1.54, 1.807) is 12.1 Å². The lowest BCUT2D eigenvalue weighted by Gasteiger charge is -2.28. The maximum atomic E-state index is 12.8. The molecule has 1 saturated heterocycles. The highest BCUT2D eigenvalue weighted by Crippen LogP contribution is 2.34. The quantitative estimate of drug-likeness (QED) is 0.583. The molecule has 2 aromatic carbocycles. The zero-order valence-corrected chi connectivity index (χ0v) is 18.9. The molecule has 162 valence electrons. The number of benzene rings is 2. The Bertz CT molecular complexity index is 1210. The van der Waals surface area contributed by atoms with E-state index >= 15 is 0 Å². The first-order valence-corrected chi connectivity index (χ1v) is 12.9. The molecule has 0 N–H and O–H groups in total. The fraction of sp³-hybridized carbons (Fsp3) is 0.400. The Hall–Kier alpha value is -2.60. The molecule has 0 amide bonds. The van der Waals surface area contributed by atoms with Crippen LogP contribution in [0.2, 0.25) is 0 Å². The smallest absolute Gasteiger partial charge is 0.180 e. The summed E-state index contributed by atoms with van der Waals surface area (Å²) in [7, 11) is -3.28. The summed E-state index contributed by atoms with van der Waals surface area (Å²) in [5.74, 6) is 0.971. The Kier molecular flexibility index (Phi) is 5.34. The summed E-state index contributed by atoms with van der Waals surface area (Å²) in [6.07, 6.45) is 4.99. The molecular weight excluding hydrogens is 406 g/mol. The molecule has 0 radical (unpaired) electrons. The summed E-state index contributed by atoms with van der Waals surface area (Å²) < 4.78 is 25.6. The lowest BCUT2D eigenvalue weighted by molar-refractivity contribution is 0.596. The predicted molar refractivity (Wildman–Crippen MR) is 127 cm³/mol. The van der Waals surface area contributed by atoms with E-state index in [1.807, 2.05) is 12.1 Å². The van der Waals surface area contributed by atoms with E-state index in [4.69, 9.17) is 4.98 Å². The van der Waals surface area contributed by atoms with Crippen LogP contribution in [0.1, 0.15) is 36.8 Å². The number of fused-ring (bicyclic) bond motifs is 2. The highest BCUT2D eigenvalue weighted by atomic mass is 32.2. The molecule has 2 aliphatic heterocycles. The van der Waals surface area contributed by atoms with E-state index in [2.05, 4.69) is 41.0 Å². The third-order valence-electron chi connectivity index (χ3n) is 6.50. The summed E-state index contributed by atoms with van der Waals surface area (Å²) in [5.41, 5.74) is 4.28. The molecule has 2 aliphatic rings. The van der Waals surface area contributed by atoms with Gasteiger partial charge in [-0.05, 0) is 43.5 Å². The molecule has 3 aromatic rings. The van der Waals surface area contributed by atoms with E-state index in [-0.39, 0.29) is 5.75 Å². The van der Waals surface area contributed by atoms with Gasteiger partial charge in [0.25, 0.3) is 0 Å². The van der Waals surface area contributed by atoms with Gasteiger partial charge < -0.3 is 9.80 Å². The highest BCUT2D eigenvalue weighted by Gasteiger charge is 2.26. The molecule has 0 unspecified atom stereocenters. The molecule has 6 heteroatoms. The van der Waals surface area contributed by atoms with Gasteiger partial charge in [-0.25, -0.2) is 13.4 Å². The van der Waals surface area contributed by atoms with Gasteiger partial charge in [0.1, 0.15) is 5.82 Å². The van der Waals surface area contributed by atoms with Crippen LogP contribution in [0.4, 0.5) is 11.5 Å². The number of aryl methyl sites for hydroxylation is 1. The Morgan fingerprint density at radius 1 is 0.871 bits per heavy atom. The second-order valence-electron chi connectivity index (χ2n) is 8.77. The minimum atomic E-state index is -3.28. The van der Waals surface area contributed by atoms with E-state index in [0.717, 1.165) is 30.0 Å². The molecule has 3 heterocycles. The van der Waals surface area contributed by atoms with Crippen molar-refractivity contribution in [2.75, 3.05) is 35.2 Å². The standard InChI is InChI=1S/C25H29N3O2S/c1-19-10-11-22-21(16-19)23(27-12-6-2-3-7-13-27)17-25(26-22)28-14-15-31(29,30)24-9-5-4-8-20(24)18-28/h4-5,8-11,16-17H,2-3,6-7,12-15,18H2,1H3. The fourth-order valence-electron chi connectivity index (χ4n) is 4.80. The molecule has 0 saturated carbocycles. The molecule has 1 fully saturated rings. The number of hydrogen-bond acceptors (Lipinski definition) is 5. The first-order valence-electron chi connectivity index (χ1n) is 11.2. The van der Waals surface area contributed by atoms with Gasteiger partial charge >= 0.3 is 0 Å². The van der Waals surface area contributed by atoms with Crippen LogP contribution in [0.25, 0.3) is 10.9 Å². The van der Waals surface area contributed by atoms with E-state index in [1.165, 1.54) is 42.3 Å². The van der Waals surface area contributed by atoms with Crippen molar-refractivity contribution >= 4 is 32.2 Å². The van der Waals surface area contributed by atoms with Crippen LogP contribution in [-0.2, 0) is 16.4 Å². The number of aromatic nitrogens is 1. The number of pyridine rings is 1. The summed E-state index contributed by atoms with van der Waals surface area (Å²) in [6, 6.07) is 16.0. The molecular formula is C25H29N3O2S. The van der Waals surface area contributed by atoms with Gasteiger partial charge in [-0.2, -0.15) is 0 Å². The monoisotopic (exact) mass is 435 g/mol. The van der Waals surface area contributed by atoms with Crippen LogP contribution >= 0.6 is 0 Å².